The lowest BCUT2D eigenvalue weighted by Gasteiger charge is -2.04. The third-order valence-electron chi connectivity index (χ3n) is 2.56. The van der Waals surface area contributed by atoms with Crippen LogP contribution >= 0.6 is 11.6 Å². The molecular weight excluding hydrogens is 266 g/mol. The monoisotopic (exact) mass is 273 g/mol. The van der Waals surface area contributed by atoms with E-state index in [1.54, 1.807) is 41.4 Å². The standard InChI is InChI=1S/C12H8ClN5O/c13-9-2-1-3-15-11(9)17-12(19)8-6-16-18-5-4-14-7-10(8)18/h1-7H,(H,15,17,19). The van der Waals surface area contributed by atoms with Gasteiger partial charge in [0.15, 0.2) is 5.82 Å². The van der Waals surface area contributed by atoms with Crippen molar-refractivity contribution in [3.05, 3.63) is 53.7 Å². The van der Waals surface area contributed by atoms with Crippen molar-refractivity contribution in [3.8, 4) is 0 Å². The number of nitrogens with zero attached hydrogens (tertiary/aromatic N) is 4. The number of halogens is 1. The van der Waals surface area contributed by atoms with E-state index >= 15 is 0 Å². The van der Waals surface area contributed by atoms with Crippen LogP contribution in [0.15, 0.2) is 43.1 Å². The maximum Gasteiger partial charge on any atom is 0.260 e. The molecule has 94 valence electrons. The van der Waals surface area contributed by atoms with Crippen LogP contribution in [0.5, 0.6) is 0 Å². The van der Waals surface area contributed by atoms with Gasteiger partial charge in [-0.05, 0) is 12.1 Å². The number of anilines is 1. The third kappa shape index (κ3) is 2.13. The molecule has 0 spiro atoms. The van der Waals surface area contributed by atoms with Gasteiger partial charge in [-0.3, -0.25) is 9.78 Å². The molecule has 3 rings (SSSR count). The number of hydrogen-bond donors (Lipinski definition) is 1. The maximum atomic E-state index is 12.2. The third-order valence-corrected chi connectivity index (χ3v) is 2.86. The number of nitrogens with one attached hydrogen (secondary N) is 1. The molecule has 0 fully saturated rings. The molecule has 0 aliphatic carbocycles. The highest BCUT2D eigenvalue weighted by atomic mass is 35.5. The predicted octanol–water partition coefficient (Wildman–Crippen LogP) is 2.03. The molecular formula is C12H8ClN5O. The summed E-state index contributed by atoms with van der Waals surface area (Å²) in [6.07, 6.45) is 7.86. The predicted molar refractivity (Wildman–Crippen MR) is 70.2 cm³/mol. The molecule has 0 aliphatic rings. The lowest BCUT2D eigenvalue weighted by Crippen LogP contribution is -2.13. The number of pyridine rings is 1. The summed E-state index contributed by atoms with van der Waals surface area (Å²) in [6.45, 7) is 0. The van der Waals surface area contributed by atoms with Gasteiger partial charge in [-0.25, -0.2) is 9.50 Å². The summed E-state index contributed by atoms with van der Waals surface area (Å²) in [5, 5.41) is 7.09. The van der Waals surface area contributed by atoms with Gasteiger partial charge in [-0.2, -0.15) is 5.10 Å². The fourth-order valence-corrected chi connectivity index (χ4v) is 1.83. The van der Waals surface area contributed by atoms with Crippen LogP contribution in [0.4, 0.5) is 5.82 Å². The fourth-order valence-electron chi connectivity index (χ4n) is 1.66. The molecule has 0 unspecified atom stereocenters. The van der Waals surface area contributed by atoms with Crippen molar-refractivity contribution in [1.82, 2.24) is 19.6 Å². The number of carbonyl (C=O) groups excluding carboxylic acids is 1. The minimum Gasteiger partial charge on any atom is -0.305 e. The molecule has 6 nitrogen and oxygen atoms in total. The van der Waals surface area contributed by atoms with Crippen LogP contribution in [0.2, 0.25) is 5.02 Å². The smallest absolute Gasteiger partial charge is 0.260 e. The van der Waals surface area contributed by atoms with Gasteiger partial charge < -0.3 is 5.32 Å². The van der Waals surface area contributed by atoms with Crippen molar-refractivity contribution in [3.63, 3.8) is 0 Å². The van der Waals surface area contributed by atoms with Crippen LogP contribution in [0.25, 0.3) is 5.52 Å². The maximum absolute atomic E-state index is 12.2. The largest absolute Gasteiger partial charge is 0.305 e. The lowest BCUT2D eigenvalue weighted by molar-refractivity contribution is 0.102. The van der Waals surface area contributed by atoms with Crippen LogP contribution in [0, 0.1) is 0 Å². The second-order valence-electron chi connectivity index (χ2n) is 3.75. The Morgan fingerprint density at radius 2 is 2.21 bits per heavy atom. The average Bonchev–Trinajstić information content (AvgIpc) is 2.85. The first-order chi connectivity index (χ1) is 9.25. The van der Waals surface area contributed by atoms with Crippen LogP contribution < -0.4 is 5.32 Å². The van der Waals surface area contributed by atoms with Crippen molar-refractivity contribution in [2.45, 2.75) is 0 Å². The quantitative estimate of drug-likeness (QED) is 0.775. The van der Waals surface area contributed by atoms with E-state index in [9.17, 15) is 4.79 Å². The van der Waals surface area contributed by atoms with Crippen LogP contribution in [0.1, 0.15) is 10.4 Å². The lowest BCUT2D eigenvalue weighted by atomic mass is 10.3. The van der Waals surface area contributed by atoms with Crippen LogP contribution in [-0.2, 0) is 0 Å². The summed E-state index contributed by atoms with van der Waals surface area (Å²) < 4.78 is 1.57. The van der Waals surface area contributed by atoms with E-state index in [0.29, 0.717) is 21.9 Å². The molecule has 0 aromatic carbocycles. The molecule has 0 atom stereocenters. The molecule has 19 heavy (non-hydrogen) atoms. The van der Waals surface area contributed by atoms with Crippen molar-refractivity contribution in [1.29, 1.82) is 0 Å². The van der Waals surface area contributed by atoms with Crippen LogP contribution in [-0.4, -0.2) is 25.5 Å². The van der Waals surface area contributed by atoms with E-state index < -0.39 is 0 Å². The summed E-state index contributed by atoms with van der Waals surface area (Å²) in [6, 6.07) is 3.35. The molecule has 0 bridgehead atoms. The first-order valence-electron chi connectivity index (χ1n) is 5.45. The Bertz CT molecular complexity index is 754. The highest BCUT2D eigenvalue weighted by Crippen LogP contribution is 2.19. The summed E-state index contributed by atoms with van der Waals surface area (Å²) in [4.78, 5) is 20.1. The second-order valence-corrected chi connectivity index (χ2v) is 4.16. The Morgan fingerprint density at radius 1 is 1.32 bits per heavy atom. The number of amides is 1. The molecule has 3 aromatic rings. The van der Waals surface area contributed by atoms with E-state index in [-0.39, 0.29) is 5.91 Å². The molecule has 0 radical (unpaired) electrons. The zero-order chi connectivity index (χ0) is 13.2. The Balaban J connectivity index is 1.95. The van der Waals surface area contributed by atoms with Gasteiger partial charge in [-0.15, -0.1) is 0 Å². The molecule has 1 N–H and O–H groups in total. The highest BCUT2D eigenvalue weighted by molar-refractivity contribution is 6.33. The molecule has 1 amide bonds. The van der Waals surface area contributed by atoms with E-state index in [0.717, 1.165) is 0 Å². The highest BCUT2D eigenvalue weighted by Gasteiger charge is 2.14. The first-order valence-corrected chi connectivity index (χ1v) is 5.83. The first kappa shape index (κ1) is 11.6. The Hall–Kier alpha value is -2.47. The molecule has 7 heteroatoms. The molecule has 0 saturated heterocycles. The average molecular weight is 274 g/mol. The minimum atomic E-state index is -0.330. The summed E-state index contributed by atoms with van der Waals surface area (Å²) in [5.41, 5.74) is 1.03. The van der Waals surface area contributed by atoms with Crippen molar-refractivity contribution in [2.75, 3.05) is 5.32 Å². The zero-order valence-electron chi connectivity index (χ0n) is 9.62. The van der Waals surface area contributed by atoms with Crippen LogP contribution in [0.3, 0.4) is 0 Å². The molecule has 0 aliphatic heterocycles. The molecule has 3 aromatic heterocycles. The normalized spacial score (nSPS) is 10.6. The topological polar surface area (TPSA) is 72.2 Å². The molecule has 0 saturated carbocycles. The Morgan fingerprint density at radius 3 is 3.05 bits per heavy atom. The van der Waals surface area contributed by atoms with Crippen molar-refractivity contribution >= 4 is 28.8 Å². The van der Waals surface area contributed by atoms with E-state index in [1.165, 1.54) is 6.20 Å². The molecule has 3 heterocycles. The second kappa shape index (κ2) is 4.66. The van der Waals surface area contributed by atoms with Gasteiger partial charge in [-0.1, -0.05) is 11.6 Å². The van der Waals surface area contributed by atoms with E-state index in [2.05, 4.69) is 20.4 Å². The Labute approximate surface area is 113 Å². The SMILES string of the molecule is O=C(Nc1ncccc1Cl)c1cnn2ccncc12. The number of aromatic nitrogens is 4. The zero-order valence-corrected chi connectivity index (χ0v) is 10.4. The number of carbonyl (C=O) groups is 1. The van der Waals surface area contributed by atoms with E-state index in [1.807, 2.05) is 0 Å². The van der Waals surface area contributed by atoms with Crippen molar-refractivity contribution < 1.29 is 4.79 Å². The number of rotatable bonds is 2. The fraction of sp³-hybridized carbons (Fsp3) is 0. The summed E-state index contributed by atoms with van der Waals surface area (Å²) in [7, 11) is 0. The van der Waals surface area contributed by atoms with E-state index in [4.69, 9.17) is 11.6 Å². The van der Waals surface area contributed by atoms with Crippen molar-refractivity contribution in [2.24, 2.45) is 0 Å². The summed E-state index contributed by atoms with van der Waals surface area (Å²) in [5.74, 6) is -0.0130. The van der Waals surface area contributed by atoms with Gasteiger partial charge in [0.25, 0.3) is 5.91 Å². The number of fused-ring (bicyclic) bond motifs is 1. The van der Waals surface area contributed by atoms with Gasteiger partial charge in [0.2, 0.25) is 0 Å². The van der Waals surface area contributed by atoms with Gasteiger partial charge >= 0.3 is 0 Å². The van der Waals surface area contributed by atoms with Gasteiger partial charge in [0.05, 0.1) is 28.5 Å². The van der Waals surface area contributed by atoms with Gasteiger partial charge in [0, 0.05) is 18.6 Å². The summed E-state index contributed by atoms with van der Waals surface area (Å²) >= 11 is 5.94. The minimum absolute atomic E-state index is 0.317. The van der Waals surface area contributed by atoms with Gasteiger partial charge in [0.1, 0.15) is 0 Å². The number of hydrogen-bond acceptors (Lipinski definition) is 4. The Kier molecular flexibility index (Phi) is 2.85.